The van der Waals surface area contributed by atoms with Crippen molar-refractivity contribution in [1.82, 2.24) is 10.2 Å². The summed E-state index contributed by atoms with van der Waals surface area (Å²) >= 11 is 0. The maximum Gasteiger partial charge on any atom is 0.0711 e. The van der Waals surface area contributed by atoms with E-state index in [2.05, 4.69) is 37.9 Å². The number of hydrogen-bond acceptors (Lipinski definition) is 3. The molecule has 114 valence electrons. The van der Waals surface area contributed by atoms with Gasteiger partial charge in [-0.3, -0.25) is 0 Å². The zero-order valence-electron chi connectivity index (χ0n) is 13.6. The molecule has 1 N–H and O–H groups in total. The van der Waals surface area contributed by atoms with Crippen molar-refractivity contribution in [3.8, 4) is 0 Å². The van der Waals surface area contributed by atoms with Gasteiger partial charge in [0.05, 0.1) is 6.10 Å². The van der Waals surface area contributed by atoms with Crippen LogP contribution in [-0.4, -0.2) is 50.3 Å². The first-order valence-electron chi connectivity index (χ1n) is 7.99. The topological polar surface area (TPSA) is 24.5 Å². The lowest BCUT2D eigenvalue weighted by molar-refractivity contribution is 0.115. The fourth-order valence-electron chi connectivity index (χ4n) is 2.59. The molecule has 0 radical (unpaired) electrons. The van der Waals surface area contributed by atoms with Gasteiger partial charge < -0.3 is 15.0 Å². The monoisotopic (exact) mass is 270 g/mol. The van der Waals surface area contributed by atoms with E-state index in [9.17, 15) is 0 Å². The average Bonchev–Trinajstić information content (AvgIpc) is 2.80. The van der Waals surface area contributed by atoms with Gasteiger partial charge in [-0.15, -0.1) is 0 Å². The lowest BCUT2D eigenvalue weighted by atomic mass is 10.1. The molecule has 1 fully saturated rings. The molecule has 1 saturated heterocycles. The van der Waals surface area contributed by atoms with Crippen molar-refractivity contribution in [3.63, 3.8) is 0 Å². The normalized spacial score (nSPS) is 24.0. The van der Waals surface area contributed by atoms with E-state index in [4.69, 9.17) is 4.74 Å². The van der Waals surface area contributed by atoms with Crippen molar-refractivity contribution in [2.24, 2.45) is 11.8 Å². The van der Waals surface area contributed by atoms with Gasteiger partial charge in [0.2, 0.25) is 0 Å². The molecule has 2 atom stereocenters. The van der Waals surface area contributed by atoms with E-state index in [1.54, 1.807) is 0 Å². The zero-order valence-corrected chi connectivity index (χ0v) is 13.6. The summed E-state index contributed by atoms with van der Waals surface area (Å²) < 4.78 is 5.44. The summed E-state index contributed by atoms with van der Waals surface area (Å²) in [7, 11) is 1.82. The van der Waals surface area contributed by atoms with Crippen LogP contribution in [0, 0.1) is 11.8 Å². The highest BCUT2D eigenvalue weighted by atomic mass is 16.5. The van der Waals surface area contributed by atoms with Crippen molar-refractivity contribution in [2.45, 2.75) is 59.1 Å². The van der Waals surface area contributed by atoms with Crippen molar-refractivity contribution < 1.29 is 4.74 Å². The number of nitrogens with one attached hydrogen (secondary N) is 1. The van der Waals surface area contributed by atoms with Crippen LogP contribution in [0.2, 0.25) is 0 Å². The molecule has 2 unspecified atom stereocenters. The van der Waals surface area contributed by atoms with Crippen LogP contribution in [0.15, 0.2) is 0 Å². The third-order valence-electron chi connectivity index (χ3n) is 4.04. The van der Waals surface area contributed by atoms with Crippen molar-refractivity contribution in [3.05, 3.63) is 0 Å². The van der Waals surface area contributed by atoms with E-state index in [0.717, 1.165) is 24.8 Å². The van der Waals surface area contributed by atoms with E-state index in [1.165, 1.54) is 32.5 Å². The SMILES string of the molecule is COC1CNC(CN(CCC(C)C)CCC(C)C)C1. The fourth-order valence-corrected chi connectivity index (χ4v) is 2.59. The first-order valence-corrected chi connectivity index (χ1v) is 7.99. The lowest BCUT2D eigenvalue weighted by Gasteiger charge is -2.27. The Bertz CT molecular complexity index is 219. The molecule has 19 heavy (non-hydrogen) atoms. The van der Waals surface area contributed by atoms with Crippen molar-refractivity contribution in [2.75, 3.05) is 33.3 Å². The molecule has 0 aliphatic carbocycles. The molecule has 0 bridgehead atoms. The van der Waals surface area contributed by atoms with Crippen LogP contribution in [-0.2, 0) is 4.74 Å². The molecule has 1 aliphatic rings. The van der Waals surface area contributed by atoms with Crippen LogP contribution < -0.4 is 5.32 Å². The molecule has 1 aliphatic heterocycles. The molecular formula is C16H34N2O. The first kappa shape index (κ1) is 16.9. The Hall–Kier alpha value is -0.120. The van der Waals surface area contributed by atoms with E-state index in [-0.39, 0.29) is 0 Å². The molecule has 0 aromatic rings. The Balaban J connectivity index is 2.34. The minimum absolute atomic E-state index is 0.419. The van der Waals surface area contributed by atoms with Gasteiger partial charge in [0, 0.05) is 26.2 Å². The zero-order chi connectivity index (χ0) is 14.3. The quantitative estimate of drug-likeness (QED) is 0.697. The van der Waals surface area contributed by atoms with Gasteiger partial charge in [-0.1, -0.05) is 27.7 Å². The van der Waals surface area contributed by atoms with E-state index < -0.39 is 0 Å². The Morgan fingerprint density at radius 3 is 2.11 bits per heavy atom. The number of methoxy groups -OCH3 is 1. The minimum atomic E-state index is 0.419. The highest BCUT2D eigenvalue weighted by Gasteiger charge is 2.25. The second kappa shape index (κ2) is 8.93. The number of nitrogens with zero attached hydrogens (tertiary/aromatic N) is 1. The lowest BCUT2D eigenvalue weighted by Crippen LogP contribution is -2.39. The van der Waals surface area contributed by atoms with E-state index in [0.29, 0.717) is 12.1 Å². The van der Waals surface area contributed by atoms with Gasteiger partial charge >= 0.3 is 0 Å². The molecule has 1 rings (SSSR count). The predicted molar refractivity (Wildman–Crippen MR) is 82.6 cm³/mol. The summed E-state index contributed by atoms with van der Waals surface area (Å²) in [6.45, 7) is 13.9. The van der Waals surface area contributed by atoms with Crippen LogP contribution in [0.3, 0.4) is 0 Å². The van der Waals surface area contributed by atoms with Gasteiger partial charge in [-0.05, 0) is 44.2 Å². The molecule has 1 heterocycles. The van der Waals surface area contributed by atoms with Gasteiger partial charge in [0.1, 0.15) is 0 Å². The Labute approximate surface area is 120 Å². The molecule has 3 heteroatoms. The van der Waals surface area contributed by atoms with Crippen molar-refractivity contribution >= 4 is 0 Å². The van der Waals surface area contributed by atoms with Crippen molar-refractivity contribution in [1.29, 1.82) is 0 Å². The molecule has 0 saturated carbocycles. The Morgan fingerprint density at radius 1 is 1.11 bits per heavy atom. The summed E-state index contributed by atoms with van der Waals surface area (Å²) in [6.07, 6.45) is 4.19. The minimum Gasteiger partial charge on any atom is -0.380 e. The first-order chi connectivity index (χ1) is 9.01. The van der Waals surface area contributed by atoms with Crippen LogP contribution in [0.4, 0.5) is 0 Å². The smallest absolute Gasteiger partial charge is 0.0711 e. The van der Waals surface area contributed by atoms with Gasteiger partial charge in [-0.25, -0.2) is 0 Å². The number of rotatable bonds is 9. The maximum atomic E-state index is 5.44. The van der Waals surface area contributed by atoms with Crippen LogP contribution in [0.25, 0.3) is 0 Å². The van der Waals surface area contributed by atoms with E-state index >= 15 is 0 Å². The summed E-state index contributed by atoms with van der Waals surface area (Å²) in [5.74, 6) is 1.59. The van der Waals surface area contributed by atoms with Gasteiger partial charge in [0.15, 0.2) is 0 Å². The predicted octanol–water partition coefficient (Wildman–Crippen LogP) is 2.76. The Morgan fingerprint density at radius 2 is 1.68 bits per heavy atom. The third kappa shape index (κ3) is 7.28. The second-order valence-corrected chi connectivity index (χ2v) is 6.86. The van der Waals surface area contributed by atoms with Gasteiger partial charge in [-0.2, -0.15) is 0 Å². The van der Waals surface area contributed by atoms with Gasteiger partial charge in [0.25, 0.3) is 0 Å². The molecule has 0 spiro atoms. The largest absolute Gasteiger partial charge is 0.380 e. The summed E-state index contributed by atoms with van der Waals surface area (Å²) in [4.78, 5) is 2.65. The van der Waals surface area contributed by atoms with Crippen LogP contribution >= 0.6 is 0 Å². The molecule has 0 aromatic carbocycles. The second-order valence-electron chi connectivity index (χ2n) is 6.86. The highest BCUT2D eigenvalue weighted by Crippen LogP contribution is 2.13. The summed E-state index contributed by atoms with van der Waals surface area (Å²) in [5, 5.41) is 3.60. The fraction of sp³-hybridized carbons (Fsp3) is 1.00. The molecule has 3 nitrogen and oxygen atoms in total. The molecule has 0 amide bonds. The summed E-state index contributed by atoms with van der Waals surface area (Å²) in [5.41, 5.74) is 0. The summed E-state index contributed by atoms with van der Waals surface area (Å²) in [6, 6.07) is 0.615. The average molecular weight is 270 g/mol. The Kier molecular flexibility index (Phi) is 7.96. The highest BCUT2D eigenvalue weighted by molar-refractivity contribution is 4.84. The molecule has 0 aromatic heterocycles. The van der Waals surface area contributed by atoms with Crippen LogP contribution in [0.1, 0.15) is 47.0 Å². The third-order valence-corrected chi connectivity index (χ3v) is 4.04. The maximum absolute atomic E-state index is 5.44. The number of ether oxygens (including phenoxy) is 1. The van der Waals surface area contributed by atoms with E-state index in [1.807, 2.05) is 7.11 Å². The molecular weight excluding hydrogens is 236 g/mol. The number of hydrogen-bond donors (Lipinski definition) is 1. The standard InChI is InChI=1S/C16H34N2O/c1-13(2)6-8-18(9-7-14(3)4)12-15-10-16(19-5)11-17-15/h13-17H,6-12H2,1-5H3. The van der Waals surface area contributed by atoms with Crippen LogP contribution in [0.5, 0.6) is 0 Å².